The largest absolute Gasteiger partial charge is 0.497 e. The molecule has 0 bridgehead atoms. The molecule has 8 heteroatoms. The fraction of sp³-hybridized carbons (Fsp3) is 0.450. The minimum absolute atomic E-state index is 0.137. The summed E-state index contributed by atoms with van der Waals surface area (Å²) in [6, 6.07) is 5.35. The number of hydrogen-bond donors (Lipinski definition) is 0. The van der Waals surface area contributed by atoms with Crippen molar-refractivity contribution in [2.45, 2.75) is 32.2 Å². The van der Waals surface area contributed by atoms with Crippen LogP contribution in [0.3, 0.4) is 0 Å². The maximum atomic E-state index is 12.7. The number of amides is 3. The number of piperidine rings is 1. The maximum absolute atomic E-state index is 12.7. The molecule has 2 heterocycles. The Bertz CT molecular complexity index is 823. The second-order valence-electron chi connectivity index (χ2n) is 6.81. The number of thioether (sulfide) groups is 1. The fourth-order valence-electron chi connectivity index (χ4n) is 3.42. The molecule has 1 aromatic rings. The normalized spacial score (nSPS) is 21.4. The van der Waals surface area contributed by atoms with Crippen molar-refractivity contribution in [1.29, 1.82) is 0 Å². The summed E-state index contributed by atoms with van der Waals surface area (Å²) in [5, 5.41) is -0.434. The van der Waals surface area contributed by atoms with Crippen LogP contribution in [-0.2, 0) is 9.59 Å². The van der Waals surface area contributed by atoms with Crippen molar-refractivity contribution < 1.29 is 23.9 Å². The van der Waals surface area contributed by atoms with E-state index < -0.39 is 11.1 Å². The first-order valence-electron chi connectivity index (χ1n) is 9.21. The van der Waals surface area contributed by atoms with Gasteiger partial charge in [-0.3, -0.25) is 19.3 Å². The minimum Gasteiger partial charge on any atom is -0.497 e. The smallest absolute Gasteiger partial charge is 0.294 e. The first-order chi connectivity index (χ1) is 13.4. The molecular formula is C20H24N2O5S. The second kappa shape index (κ2) is 8.68. The molecule has 3 rings (SSSR count). The Balaban J connectivity index is 1.78. The number of ether oxygens (including phenoxy) is 2. The van der Waals surface area contributed by atoms with Gasteiger partial charge in [0, 0.05) is 18.2 Å². The summed E-state index contributed by atoms with van der Waals surface area (Å²) in [6.07, 6.45) is 4.59. The van der Waals surface area contributed by atoms with Gasteiger partial charge in [-0.25, -0.2) is 0 Å². The van der Waals surface area contributed by atoms with Gasteiger partial charge in [-0.15, -0.1) is 0 Å². The third-order valence-corrected chi connectivity index (χ3v) is 5.92. The highest BCUT2D eigenvalue weighted by Gasteiger charge is 2.38. The Morgan fingerprint density at radius 1 is 1.25 bits per heavy atom. The van der Waals surface area contributed by atoms with Crippen molar-refractivity contribution in [2.24, 2.45) is 0 Å². The third-order valence-electron chi connectivity index (χ3n) is 5.01. The monoisotopic (exact) mass is 404 g/mol. The molecule has 0 spiro atoms. The molecule has 0 unspecified atom stereocenters. The van der Waals surface area contributed by atoms with Gasteiger partial charge < -0.3 is 14.4 Å². The molecular weight excluding hydrogens is 380 g/mol. The van der Waals surface area contributed by atoms with E-state index in [1.54, 1.807) is 36.3 Å². The zero-order chi connectivity index (χ0) is 20.3. The number of rotatable bonds is 5. The number of imide groups is 1. The van der Waals surface area contributed by atoms with Crippen LogP contribution in [0, 0.1) is 0 Å². The molecule has 1 aromatic carbocycles. The average molecular weight is 404 g/mol. The van der Waals surface area contributed by atoms with Gasteiger partial charge in [-0.05, 0) is 62.2 Å². The van der Waals surface area contributed by atoms with Crippen LogP contribution in [0.2, 0.25) is 0 Å². The van der Waals surface area contributed by atoms with Gasteiger partial charge in [0.25, 0.3) is 11.1 Å². The molecule has 1 atom stereocenters. The van der Waals surface area contributed by atoms with Crippen LogP contribution in [-0.4, -0.2) is 60.2 Å². The lowest BCUT2D eigenvalue weighted by atomic mass is 10.0. The van der Waals surface area contributed by atoms with Gasteiger partial charge in [-0.1, -0.05) is 0 Å². The first kappa shape index (κ1) is 20.3. The predicted octanol–water partition coefficient (Wildman–Crippen LogP) is 3.14. The van der Waals surface area contributed by atoms with Crippen LogP contribution in [0.4, 0.5) is 4.79 Å². The summed E-state index contributed by atoms with van der Waals surface area (Å²) in [6.45, 7) is 2.45. The van der Waals surface area contributed by atoms with Crippen LogP contribution >= 0.6 is 11.8 Å². The number of hydrogen-bond acceptors (Lipinski definition) is 6. The second-order valence-corrected chi connectivity index (χ2v) is 7.80. The Kier molecular flexibility index (Phi) is 6.28. The molecule has 0 saturated carbocycles. The van der Waals surface area contributed by atoms with Crippen LogP contribution in [0.1, 0.15) is 31.7 Å². The predicted molar refractivity (Wildman–Crippen MR) is 107 cm³/mol. The van der Waals surface area contributed by atoms with E-state index in [-0.39, 0.29) is 23.4 Å². The van der Waals surface area contributed by atoms with Crippen LogP contribution in [0.15, 0.2) is 23.1 Å². The van der Waals surface area contributed by atoms with Crippen molar-refractivity contribution >= 4 is 34.9 Å². The van der Waals surface area contributed by atoms with E-state index in [1.807, 2.05) is 6.92 Å². The molecule has 0 radical (unpaired) electrons. The lowest BCUT2D eigenvalue weighted by Crippen LogP contribution is -2.47. The van der Waals surface area contributed by atoms with E-state index in [9.17, 15) is 14.4 Å². The molecule has 0 N–H and O–H groups in total. The van der Waals surface area contributed by atoms with Gasteiger partial charge in [0.1, 0.15) is 18.0 Å². The Hall–Kier alpha value is -2.48. The van der Waals surface area contributed by atoms with Gasteiger partial charge >= 0.3 is 0 Å². The van der Waals surface area contributed by atoms with Gasteiger partial charge in [0.15, 0.2) is 0 Å². The number of likely N-dealkylation sites (tertiary alicyclic amines) is 1. The Morgan fingerprint density at radius 3 is 2.71 bits per heavy atom. The van der Waals surface area contributed by atoms with Crippen molar-refractivity contribution in [3.05, 3.63) is 28.7 Å². The van der Waals surface area contributed by atoms with Gasteiger partial charge in [-0.2, -0.15) is 0 Å². The SMILES string of the molecule is COc1ccc(OC)c(/C=C2\SC(=O)N(CC(=O)N3CCCC[C@H]3C)C2=O)c1. The summed E-state index contributed by atoms with van der Waals surface area (Å²) >= 11 is 0.830. The molecule has 28 heavy (non-hydrogen) atoms. The molecule has 3 amide bonds. The summed E-state index contributed by atoms with van der Waals surface area (Å²) in [5.74, 6) is 0.527. The number of carbonyl (C=O) groups is 3. The standard InChI is InChI=1S/C20H24N2O5S/c1-13-6-4-5-9-21(13)18(23)12-22-19(24)17(28-20(22)25)11-14-10-15(26-2)7-8-16(14)27-3/h7-8,10-11,13H,4-6,9,12H2,1-3H3/b17-11-/t13-/m1/s1. The van der Waals surface area contributed by atoms with Crippen LogP contribution < -0.4 is 9.47 Å². The van der Waals surface area contributed by atoms with E-state index in [0.717, 1.165) is 35.9 Å². The highest BCUT2D eigenvalue weighted by molar-refractivity contribution is 8.18. The Labute approximate surface area is 168 Å². The number of methoxy groups -OCH3 is 2. The van der Waals surface area contributed by atoms with E-state index in [2.05, 4.69) is 0 Å². The van der Waals surface area contributed by atoms with Crippen molar-refractivity contribution in [3.8, 4) is 11.5 Å². The number of benzene rings is 1. The van der Waals surface area contributed by atoms with Crippen molar-refractivity contribution in [3.63, 3.8) is 0 Å². The van der Waals surface area contributed by atoms with Crippen molar-refractivity contribution in [2.75, 3.05) is 27.3 Å². The van der Waals surface area contributed by atoms with Crippen molar-refractivity contribution in [1.82, 2.24) is 9.80 Å². The quantitative estimate of drug-likeness (QED) is 0.702. The maximum Gasteiger partial charge on any atom is 0.294 e. The third kappa shape index (κ3) is 4.16. The highest BCUT2D eigenvalue weighted by Crippen LogP contribution is 2.35. The zero-order valence-electron chi connectivity index (χ0n) is 16.3. The molecule has 2 aliphatic heterocycles. The van der Waals surface area contributed by atoms with E-state index in [4.69, 9.17) is 9.47 Å². The lowest BCUT2D eigenvalue weighted by Gasteiger charge is -2.34. The first-order valence-corrected chi connectivity index (χ1v) is 10.0. The molecule has 2 saturated heterocycles. The molecule has 2 fully saturated rings. The van der Waals surface area contributed by atoms with E-state index in [1.165, 1.54) is 7.11 Å². The Morgan fingerprint density at radius 2 is 2.04 bits per heavy atom. The van der Waals surface area contributed by atoms with Crippen LogP contribution in [0.5, 0.6) is 11.5 Å². The minimum atomic E-state index is -0.460. The molecule has 7 nitrogen and oxygen atoms in total. The molecule has 0 aromatic heterocycles. The van der Waals surface area contributed by atoms with Gasteiger partial charge in [0.2, 0.25) is 5.91 Å². The van der Waals surface area contributed by atoms with Gasteiger partial charge in [0.05, 0.1) is 19.1 Å². The molecule has 150 valence electrons. The number of carbonyl (C=O) groups excluding carboxylic acids is 3. The van der Waals surface area contributed by atoms with E-state index >= 15 is 0 Å². The van der Waals surface area contributed by atoms with E-state index in [0.29, 0.717) is 23.6 Å². The number of nitrogens with zero attached hydrogens (tertiary/aromatic N) is 2. The summed E-state index contributed by atoms with van der Waals surface area (Å²) in [7, 11) is 3.08. The van der Waals surface area contributed by atoms with Crippen LogP contribution in [0.25, 0.3) is 6.08 Å². The zero-order valence-corrected chi connectivity index (χ0v) is 17.1. The fourth-order valence-corrected chi connectivity index (χ4v) is 4.25. The molecule has 2 aliphatic rings. The topological polar surface area (TPSA) is 76.2 Å². The summed E-state index contributed by atoms with van der Waals surface area (Å²) < 4.78 is 10.5. The average Bonchev–Trinajstić information content (AvgIpc) is 2.95. The highest BCUT2D eigenvalue weighted by atomic mass is 32.2. The summed E-state index contributed by atoms with van der Waals surface area (Å²) in [4.78, 5) is 40.8. The summed E-state index contributed by atoms with van der Waals surface area (Å²) in [5.41, 5.74) is 0.628. The molecule has 0 aliphatic carbocycles. The lowest BCUT2D eigenvalue weighted by molar-refractivity contribution is -0.138.